The molecule has 0 aliphatic rings. The van der Waals surface area contributed by atoms with Crippen LogP contribution in [0, 0.1) is 0 Å². The molecule has 0 saturated carbocycles. The number of carbonyl (C=O) groups excluding carboxylic acids is 1. The highest BCUT2D eigenvalue weighted by molar-refractivity contribution is 5.93. The Morgan fingerprint density at radius 3 is 2.88 bits per heavy atom. The van der Waals surface area contributed by atoms with Crippen molar-refractivity contribution in [3.63, 3.8) is 0 Å². The van der Waals surface area contributed by atoms with Crippen LogP contribution in [-0.2, 0) is 11.8 Å². The summed E-state index contributed by atoms with van der Waals surface area (Å²) in [5.41, 5.74) is 6.63. The first-order valence-electron chi connectivity index (χ1n) is 5.41. The normalized spacial score (nSPS) is 12.4. The Hall–Kier alpha value is -1.53. The number of amides is 1. The Balaban J connectivity index is 2.66. The van der Waals surface area contributed by atoms with E-state index in [0.29, 0.717) is 24.4 Å². The van der Waals surface area contributed by atoms with Crippen molar-refractivity contribution in [2.45, 2.75) is 12.5 Å². The van der Waals surface area contributed by atoms with Crippen molar-refractivity contribution in [3.05, 3.63) is 18.0 Å². The van der Waals surface area contributed by atoms with E-state index in [9.17, 15) is 4.79 Å². The number of ether oxygens (including phenoxy) is 1. The Morgan fingerprint density at radius 2 is 2.41 bits per heavy atom. The molecule has 0 saturated heterocycles. The molecule has 1 rings (SSSR count). The molecule has 96 valence electrons. The van der Waals surface area contributed by atoms with Gasteiger partial charge in [0.25, 0.3) is 5.91 Å². The van der Waals surface area contributed by atoms with Crippen molar-refractivity contribution in [1.82, 2.24) is 9.88 Å². The van der Waals surface area contributed by atoms with Crippen molar-refractivity contribution in [2.24, 2.45) is 7.05 Å². The topological polar surface area (TPSA) is 89.5 Å². The van der Waals surface area contributed by atoms with Crippen LogP contribution in [0.25, 0.3) is 0 Å². The van der Waals surface area contributed by atoms with E-state index in [1.165, 1.54) is 0 Å². The molecule has 0 aromatic carbocycles. The lowest BCUT2D eigenvalue weighted by atomic mass is 10.2. The molecule has 4 N–H and O–H groups in total. The molecule has 0 aliphatic heterocycles. The average molecular weight is 241 g/mol. The number of aromatic nitrogens is 1. The number of hydrogen-bond acceptors (Lipinski definition) is 4. The Morgan fingerprint density at radius 1 is 1.71 bits per heavy atom. The van der Waals surface area contributed by atoms with E-state index in [4.69, 9.17) is 15.6 Å². The number of aryl methyl sites for hydroxylation is 1. The Bertz CT molecular complexity index is 370. The lowest BCUT2D eigenvalue weighted by molar-refractivity contribution is 0.0871. The number of aliphatic hydroxyl groups is 1. The van der Waals surface area contributed by atoms with Gasteiger partial charge < -0.3 is 25.5 Å². The number of nitrogen functional groups attached to an aromatic ring is 1. The highest BCUT2D eigenvalue weighted by Gasteiger charge is 2.15. The molecule has 1 atom stereocenters. The molecule has 6 nitrogen and oxygen atoms in total. The van der Waals surface area contributed by atoms with Gasteiger partial charge in [0.05, 0.1) is 18.3 Å². The van der Waals surface area contributed by atoms with Crippen LogP contribution in [0.5, 0.6) is 0 Å². The molecule has 1 amide bonds. The Kier molecular flexibility index (Phi) is 4.99. The fraction of sp³-hybridized carbons (Fsp3) is 0.545. The summed E-state index contributed by atoms with van der Waals surface area (Å²) in [6.07, 6.45) is 2.13. The number of rotatable bonds is 6. The summed E-state index contributed by atoms with van der Waals surface area (Å²) < 4.78 is 6.63. The molecule has 0 bridgehead atoms. The Labute approximate surface area is 100 Å². The van der Waals surface area contributed by atoms with Gasteiger partial charge in [-0.3, -0.25) is 4.79 Å². The predicted octanol–water partition coefficient (Wildman–Crippen LogP) is -0.265. The molecule has 17 heavy (non-hydrogen) atoms. The van der Waals surface area contributed by atoms with Gasteiger partial charge in [0.1, 0.15) is 5.69 Å². The fourth-order valence-corrected chi connectivity index (χ4v) is 1.63. The monoisotopic (exact) mass is 241 g/mol. The van der Waals surface area contributed by atoms with Crippen molar-refractivity contribution in [1.29, 1.82) is 0 Å². The van der Waals surface area contributed by atoms with Crippen LogP contribution in [0.1, 0.15) is 16.9 Å². The number of hydrogen-bond donors (Lipinski definition) is 3. The summed E-state index contributed by atoms with van der Waals surface area (Å²) in [7, 11) is 3.31. The summed E-state index contributed by atoms with van der Waals surface area (Å²) in [5.74, 6) is -0.222. The van der Waals surface area contributed by atoms with Crippen LogP contribution in [0.3, 0.4) is 0 Å². The van der Waals surface area contributed by atoms with Gasteiger partial charge in [0.15, 0.2) is 0 Å². The van der Waals surface area contributed by atoms with E-state index in [2.05, 4.69) is 5.32 Å². The van der Waals surface area contributed by atoms with Crippen LogP contribution in [-0.4, -0.2) is 41.9 Å². The van der Waals surface area contributed by atoms with E-state index in [1.807, 2.05) is 0 Å². The predicted molar refractivity (Wildman–Crippen MR) is 64.7 cm³/mol. The number of nitrogens with zero attached hydrogens (tertiary/aromatic N) is 1. The van der Waals surface area contributed by atoms with Crippen LogP contribution in [0.4, 0.5) is 5.69 Å². The zero-order valence-corrected chi connectivity index (χ0v) is 10.1. The maximum absolute atomic E-state index is 11.9. The van der Waals surface area contributed by atoms with Crippen molar-refractivity contribution >= 4 is 11.6 Å². The van der Waals surface area contributed by atoms with Gasteiger partial charge in [-0.05, 0) is 12.5 Å². The minimum absolute atomic E-state index is 0.00355. The molecular formula is C11H19N3O3. The number of aliphatic hydroxyl groups excluding tert-OH is 1. The second-order valence-electron chi connectivity index (χ2n) is 3.91. The standard InChI is InChI=1S/C11H19N3O3/c1-14-6-8(12)5-10(14)11(16)13-9(3-4-15)7-17-2/h5-6,9,15H,3-4,7,12H2,1-2H3,(H,13,16). The van der Waals surface area contributed by atoms with E-state index >= 15 is 0 Å². The zero-order valence-electron chi connectivity index (χ0n) is 10.1. The average Bonchev–Trinajstić information content (AvgIpc) is 2.58. The van der Waals surface area contributed by atoms with Crippen LogP contribution in [0.15, 0.2) is 12.3 Å². The molecule has 0 radical (unpaired) electrons. The zero-order chi connectivity index (χ0) is 12.8. The van der Waals surface area contributed by atoms with Gasteiger partial charge in [-0.25, -0.2) is 0 Å². The van der Waals surface area contributed by atoms with E-state index < -0.39 is 0 Å². The third-order valence-corrected chi connectivity index (χ3v) is 2.44. The van der Waals surface area contributed by atoms with Gasteiger partial charge in [0.2, 0.25) is 0 Å². The van der Waals surface area contributed by atoms with Crippen LogP contribution < -0.4 is 11.1 Å². The minimum atomic E-state index is -0.222. The summed E-state index contributed by atoms with van der Waals surface area (Å²) in [5, 5.41) is 11.7. The maximum atomic E-state index is 11.9. The third-order valence-electron chi connectivity index (χ3n) is 2.44. The number of nitrogens with one attached hydrogen (secondary N) is 1. The molecule has 1 aromatic heterocycles. The van der Waals surface area contributed by atoms with Gasteiger partial charge >= 0.3 is 0 Å². The van der Waals surface area contributed by atoms with E-state index in [0.717, 1.165) is 0 Å². The number of anilines is 1. The number of carbonyl (C=O) groups is 1. The minimum Gasteiger partial charge on any atom is -0.397 e. The second-order valence-corrected chi connectivity index (χ2v) is 3.91. The summed E-state index contributed by atoms with van der Waals surface area (Å²) in [6, 6.07) is 1.41. The van der Waals surface area contributed by atoms with Crippen LogP contribution in [0.2, 0.25) is 0 Å². The van der Waals surface area contributed by atoms with Gasteiger partial charge in [-0.1, -0.05) is 0 Å². The van der Waals surface area contributed by atoms with Crippen molar-refractivity contribution < 1.29 is 14.6 Å². The number of nitrogens with two attached hydrogens (primary N) is 1. The van der Waals surface area contributed by atoms with Crippen LogP contribution >= 0.6 is 0 Å². The maximum Gasteiger partial charge on any atom is 0.268 e. The van der Waals surface area contributed by atoms with E-state index in [-0.39, 0.29) is 18.6 Å². The second kappa shape index (κ2) is 6.27. The lowest BCUT2D eigenvalue weighted by Gasteiger charge is -2.16. The molecule has 6 heteroatoms. The van der Waals surface area contributed by atoms with Crippen molar-refractivity contribution in [2.75, 3.05) is 26.1 Å². The summed E-state index contributed by atoms with van der Waals surface area (Å²) >= 11 is 0. The van der Waals surface area contributed by atoms with Gasteiger partial charge in [-0.15, -0.1) is 0 Å². The molecule has 0 spiro atoms. The molecule has 1 unspecified atom stereocenters. The molecule has 1 heterocycles. The molecule has 1 aromatic rings. The highest BCUT2D eigenvalue weighted by atomic mass is 16.5. The first kappa shape index (κ1) is 13.5. The molecular weight excluding hydrogens is 222 g/mol. The quantitative estimate of drug-likeness (QED) is 0.640. The third kappa shape index (κ3) is 3.76. The molecule has 0 fully saturated rings. The lowest BCUT2D eigenvalue weighted by Crippen LogP contribution is -2.39. The fourth-order valence-electron chi connectivity index (χ4n) is 1.63. The first-order valence-corrected chi connectivity index (χ1v) is 5.41. The smallest absolute Gasteiger partial charge is 0.268 e. The summed E-state index contributed by atoms with van der Waals surface area (Å²) in [4.78, 5) is 11.9. The largest absolute Gasteiger partial charge is 0.397 e. The van der Waals surface area contributed by atoms with Gasteiger partial charge in [-0.2, -0.15) is 0 Å². The first-order chi connectivity index (χ1) is 8.08. The summed E-state index contributed by atoms with van der Waals surface area (Å²) in [6.45, 7) is 0.371. The van der Waals surface area contributed by atoms with E-state index in [1.54, 1.807) is 31.0 Å². The number of methoxy groups -OCH3 is 1. The van der Waals surface area contributed by atoms with Gasteiger partial charge in [0, 0.05) is 27.0 Å². The van der Waals surface area contributed by atoms with Crippen molar-refractivity contribution in [3.8, 4) is 0 Å². The molecule has 0 aliphatic carbocycles. The SMILES string of the molecule is COCC(CCO)NC(=O)c1cc(N)cn1C. The highest BCUT2D eigenvalue weighted by Crippen LogP contribution is 2.09.